The van der Waals surface area contributed by atoms with Gasteiger partial charge in [-0.25, -0.2) is 9.78 Å². The van der Waals surface area contributed by atoms with Crippen LogP contribution >= 0.6 is 11.6 Å². The molecule has 22 heavy (non-hydrogen) atoms. The van der Waals surface area contributed by atoms with Gasteiger partial charge < -0.3 is 15.7 Å². The van der Waals surface area contributed by atoms with Gasteiger partial charge in [0.15, 0.2) is 0 Å². The lowest BCUT2D eigenvalue weighted by atomic mass is 10.0. The van der Waals surface area contributed by atoms with Crippen molar-refractivity contribution < 1.29 is 9.90 Å². The van der Waals surface area contributed by atoms with Gasteiger partial charge >= 0.3 is 6.03 Å². The fourth-order valence-electron chi connectivity index (χ4n) is 2.04. The molecule has 0 aliphatic carbocycles. The number of rotatable bonds is 6. The van der Waals surface area contributed by atoms with Gasteiger partial charge in [-0.15, -0.1) is 0 Å². The molecule has 2 amide bonds. The summed E-state index contributed by atoms with van der Waals surface area (Å²) in [5.41, 5.74) is 1.82. The molecule has 0 bridgehead atoms. The minimum atomic E-state index is -0.294. The summed E-state index contributed by atoms with van der Waals surface area (Å²) in [6.07, 6.45) is 2.07. The smallest absolute Gasteiger partial charge is 0.315 e. The molecular weight excluding hydrogens is 302 g/mol. The summed E-state index contributed by atoms with van der Waals surface area (Å²) >= 11 is 5.71. The van der Waals surface area contributed by atoms with Crippen molar-refractivity contribution in [1.82, 2.24) is 15.6 Å². The number of hydrogen-bond acceptors (Lipinski definition) is 3. The summed E-state index contributed by atoms with van der Waals surface area (Å²) in [5.74, 6) is 0. The van der Waals surface area contributed by atoms with E-state index in [2.05, 4.69) is 15.6 Å². The lowest BCUT2D eigenvalue weighted by molar-refractivity contribution is 0.229. The molecule has 5 nitrogen and oxygen atoms in total. The van der Waals surface area contributed by atoms with Crippen molar-refractivity contribution in [2.75, 3.05) is 6.61 Å². The zero-order valence-corrected chi connectivity index (χ0v) is 12.8. The SMILES string of the molecule is O=C(NCc1ccc(Cl)nc1)N[C@H](CCO)c1ccccc1. The van der Waals surface area contributed by atoms with Crippen LogP contribution in [-0.2, 0) is 6.54 Å². The van der Waals surface area contributed by atoms with E-state index in [0.717, 1.165) is 11.1 Å². The van der Waals surface area contributed by atoms with Crippen LogP contribution in [-0.4, -0.2) is 22.7 Å². The Balaban J connectivity index is 1.89. The summed E-state index contributed by atoms with van der Waals surface area (Å²) in [5, 5.41) is 15.2. The Kier molecular flexibility index (Phi) is 6.18. The van der Waals surface area contributed by atoms with Gasteiger partial charge in [-0.05, 0) is 23.6 Å². The minimum Gasteiger partial charge on any atom is -0.396 e. The second-order valence-corrected chi connectivity index (χ2v) is 5.18. The van der Waals surface area contributed by atoms with Crippen LogP contribution in [0.1, 0.15) is 23.6 Å². The third-order valence-corrected chi connectivity index (χ3v) is 3.39. The maximum atomic E-state index is 12.0. The molecule has 0 saturated carbocycles. The number of pyridine rings is 1. The first-order valence-electron chi connectivity index (χ1n) is 6.99. The number of nitrogens with zero attached hydrogens (tertiary/aromatic N) is 1. The van der Waals surface area contributed by atoms with Gasteiger partial charge in [-0.1, -0.05) is 48.0 Å². The molecule has 0 aliphatic rings. The first-order valence-corrected chi connectivity index (χ1v) is 7.37. The van der Waals surface area contributed by atoms with Crippen molar-refractivity contribution in [1.29, 1.82) is 0 Å². The average Bonchev–Trinajstić information content (AvgIpc) is 2.55. The normalized spacial score (nSPS) is 11.7. The second kappa shape index (κ2) is 8.36. The topological polar surface area (TPSA) is 74.2 Å². The molecule has 1 aromatic heterocycles. The summed E-state index contributed by atoms with van der Waals surface area (Å²) in [6, 6.07) is 12.5. The Labute approximate surface area is 134 Å². The molecule has 1 atom stereocenters. The molecule has 0 unspecified atom stereocenters. The Bertz CT molecular complexity index is 590. The van der Waals surface area contributed by atoms with E-state index >= 15 is 0 Å². The van der Waals surface area contributed by atoms with Crippen LogP contribution in [0.5, 0.6) is 0 Å². The van der Waals surface area contributed by atoms with E-state index in [1.807, 2.05) is 30.3 Å². The van der Waals surface area contributed by atoms with Gasteiger partial charge in [0.25, 0.3) is 0 Å². The van der Waals surface area contributed by atoms with Crippen molar-refractivity contribution in [3.63, 3.8) is 0 Å². The molecule has 0 fully saturated rings. The predicted molar refractivity (Wildman–Crippen MR) is 85.5 cm³/mol. The molecule has 6 heteroatoms. The molecular formula is C16H18ClN3O2. The van der Waals surface area contributed by atoms with Crippen LogP contribution in [0.2, 0.25) is 5.15 Å². The minimum absolute atomic E-state index is 0.000938. The molecule has 2 rings (SSSR count). The lowest BCUT2D eigenvalue weighted by Crippen LogP contribution is -2.38. The highest BCUT2D eigenvalue weighted by molar-refractivity contribution is 6.29. The second-order valence-electron chi connectivity index (χ2n) is 4.79. The van der Waals surface area contributed by atoms with Crippen LogP contribution in [0.4, 0.5) is 4.79 Å². The highest BCUT2D eigenvalue weighted by Crippen LogP contribution is 2.15. The monoisotopic (exact) mass is 319 g/mol. The molecule has 2 aromatic rings. The molecule has 1 heterocycles. The lowest BCUT2D eigenvalue weighted by Gasteiger charge is -2.18. The van der Waals surface area contributed by atoms with Gasteiger partial charge in [-0.2, -0.15) is 0 Å². The van der Waals surface area contributed by atoms with Crippen molar-refractivity contribution in [2.24, 2.45) is 0 Å². The number of carbonyl (C=O) groups excluding carboxylic acids is 1. The number of aromatic nitrogens is 1. The van der Waals surface area contributed by atoms with Crippen LogP contribution in [0.3, 0.4) is 0 Å². The third-order valence-electron chi connectivity index (χ3n) is 3.17. The Hall–Kier alpha value is -2.11. The maximum absolute atomic E-state index is 12.0. The van der Waals surface area contributed by atoms with E-state index < -0.39 is 0 Å². The highest BCUT2D eigenvalue weighted by atomic mass is 35.5. The highest BCUT2D eigenvalue weighted by Gasteiger charge is 2.13. The van der Waals surface area contributed by atoms with Crippen LogP contribution in [0, 0.1) is 0 Å². The van der Waals surface area contributed by atoms with Crippen LogP contribution in [0.25, 0.3) is 0 Å². The number of carbonyl (C=O) groups is 1. The van der Waals surface area contributed by atoms with Crippen molar-refractivity contribution in [3.8, 4) is 0 Å². The summed E-state index contributed by atoms with van der Waals surface area (Å²) in [4.78, 5) is 15.9. The summed E-state index contributed by atoms with van der Waals surface area (Å²) in [7, 11) is 0. The fraction of sp³-hybridized carbons (Fsp3) is 0.250. The van der Waals surface area contributed by atoms with Crippen molar-refractivity contribution in [3.05, 3.63) is 64.9 Å². The summed E-state index contributed by atoms with van der Waals surface area (Å²) in [6.45, 7) is 0.359. The number of aliphatic hydroxyl groups excluding tert-OH is 1. The Morgan fingerprint density at radius 3 is 2.64 bits per heavy atom. The summed E-state index contributed by atoms with van der Waals surface area (Å²) < 4.78 is 0. The quantitative estimate of drug-likeness (QED) is 0.717. The third kappa shape index (κ3) is 5.02. The molecule has 3 N–H and O–H groups in total. The van der Waals surface area contributed by atoms with Gasteiger partial charge in [0, 0.05) is 19.3 Å². The molecule has 0 saturated heterocycles. The number of hydrogen-bond donors (Lipinski definition) is 3. The molecule has 0 aliphatic heterocycles. The molecule has 0 radical (unpaired) electrons. The molecule has 0 spiro atoms. The number of amides is 2. The predicted octanol–water partition coefficient (Wildman–Crippen LogP) is 2.66. The van der Waals surface area contributed by atoms with E-state index in [9.17, 15) is 4.79 Å². The molecule has 116 valence electrons. The number of aliphatic hydroxyl groups is 1. The molecule has 1 aromatic carbocycles. The zero-order valence-electron chi connectivity index (χ0n) is 12.0. The van der Waals surface area contributed by atoms with Gasteiger partial charge in [-0.3, -0.25) is 0 Å². The fourth-order valence-corrected chi connectivity index (χ4v) is 2.15. The van der Waals surface area contributed by atoms with Gasteiger partial charge in [0.1, 0.15) is 5.15 Å². The van der Waals surface area contributed by atoms with E-state index in [1.54, 1.807) is 18.3 Å². The van der Waals surface area contributed by atoms with Crippen LogP contribution < -0.4 is 10.6 Å². The number of nitrogens with one attached hydrogen (secondary N) is 2. The van der Waals surface area contributed by atoms with Crippen molar-refractivity contribution >= 4 is 17.6 Å². The zero-order chi connectivity index (χ0) is 15.8. The number of halogens is 1. The van der Waals surface area contributed by atoms with E-state index in [4.69, 9.17) is 16.7 Å². The van der Waals surface area contributed by atoms with E-state index in [0.29, 0.717) is 18.1 Å². The Morgan fingerprint density at radius 2 is 2.00 bits per heavy atom. The average molecular weight is 320 g/mol. The van der Waals surface area contributed by atoms with E-state index in [-0.39, 0.29) is 18.7 Å². The number of urea groups is 1. The van der Waals surface area contributed by atoms with Gasteiger partial charge in [0.05, 0.1) is 6.04 Å². The first kappa shape index (κ1) is 16.3. The van der Waals surface area contributed by atoms with E-state index in [1.165, 1.54) is 0 Å². The maximum Gasteiger partial charge on any atom is 0.315 e. The number of benzene rings is 1. The Morgan fingerprint density at radius 1 is 1.23 bits per heavy atom. The van der Waals surface area contributed by atoms with Crippen LogP contribution in [0.15, 0.2) is 48.7 Å². The van der Waals surface area contributed by atoms with Crippen molar-refractivity contribution in [2.45, 2.75) is 19.0 Å². The van der Waals surface area contributed by atoms with Gasteiger partial charge in [0.2, 0.25) is 0 Å². The largest absolute Gasteiger partial charge is 0.396 e. The first-order chi connectivity index (χ1) is 10.7. The standard InChI is InChI=1S/C16H18ClN3O2/c17-15-7-6-12(10-18-15)11-19-16(22)20-14(8-9-21)13-4-2-1-3-5-13/h1-7,10,14,21H,8-9,11H2,(H2,19,20,22)/t14-/m1/s1.